The first kappa shape index (κ1) is 20.9. The molecular formula is C25H28O4. The van der Waals surface area contributed by atoms with Gasteiger partial charge in [-0.1, -0.05) is 54.1 Å². The van der Waals surface area contributed by atoms with E-state index in [4.69, 9.17) is 19.7 Å². The lowest BCUT2D eigenvalue weighted by atomic mass is 9.71. The molecule has 3 aromatic rings. The second kappa shape index (κ2) is 9.59. The summed E-state index contributed by atoms with van der Waals surface area (Å²) in [7, 11) is 0. The maximum absolute atomic E-state index is 8.96. The van der Waals surface area contributed by atoms with E-state index in [0.717, 1.165) is 22.6 Å². The molecular weight excluding hydrogens is 364 g/mol. The number of hydrogen-bond acceptors (Lipinski definition) is 4. The van der Waals surface area contributed by atoms with E-state index in [1.54, 1.807) is 0 Å². The molecule has 152 valence electrons. The monoisotopic (exact) mass is 392 g/mol. The minimum absolute atomic E-state index is 0.00641. The minimum atomic E-state index is -0.362. The molecule has 0 heterocycles. The Kier molecular flexibility index (Phi) is 6.91. The molecule has 2 N–H and O–H groups in total. The van der Waals surface area contributed by atoms with Gasteiger partial charge in [0.2, 0.25) is 0 Å². The molecule has 0 aliphatic rings. The van der Waals surface area contributed by atoms with E-state index >= 15 is 0 Å². The minimum Gasteiger partial charge on any atom is -0.491 e. The lowest BCUT2D eigenvalue weighted by Crippen LogP contribution is -2.25. The molecule has 0 unspecified atom stereocenters. The zero-order valence-electron chi connectivity index (χ0n) is 17.0. The lowest BCUT2D eigenvalue weighted by Gasteiger charge is -2.32. The van der Waals surface area contributed by atoms with Crippen LogP contribution in [-0.2, 0) is 5.41 Å². The Morgan fingerprint density at radius 2 is 0.966 bits per heavy atom. The van der Waals surface area contributed by atoms with E-state index in [0.29, 0.717) is 0 Å². The highest BCUT2D eigenvalue weighted by atomic mass is 16.5. The average molecular weight is 392 g/mol. The fraction of sp³-hybridized carbons (Fsp3) is 0.280. The average Bonchev–Trinajstić information content (AvgIpc) is 2.77. The Morgan fingerprint density at radius 3 is 1.31 bits per heavy atom. The van der Waals surface area contributed by atoms with Crippen LogP contribution in [0.5, 0.6) is 11.5 Å². The molecule has 0 fully saturated rings. The van der Waals surface area contributed by atoms with Crippen molar-refractivity contribution in [2.24, 2.45) is 0 Å². The van der Waals surface area contributed by atoms with E-state index in [1.807, 2.05) is 24.3 Å². The molecule has 3 aromatic carbocycles. The van der Waals surface area contributed by atoms with Crippen molar-refractivity contribution in [1.82, 2.24) is 0 Å². The van der Waals surface area contributed by atoms with Crippen molar-refractivity contribution in [3.05, 3.63) is 95.1 Å². The van der Waals surface area contributed by atoms with Gasteiger partial charge in [-0.3, -0.25) is 0 Å². The number of aliphatic hydroxyl groups is 2. The topological polar surface area (TPSA) is 58.9 Å². The molecule has 4 heteroatoms. The summed E-state index contributed by atoms with van der Waals surface area (Å²) in [5, 5.41) is 17.9. The molecule has 0 aliphatic heterocycles. The molecule has 0 bridgehead atoms. The first-order valence-electron chi connectivity index (χ1n) is 9.83. The molecule has 3 rings (SSSR count). The van der Waals surface area contributed by atoms with Crippen molar-refractivity contribution in [1.29, 1.82) is 0 Å². The summed E-state index contributed by atoms with van der Waals surface area (Å²) in [5.74, 6) is 1.48. The summed E-state index contributed by atoms with van der Waals surface area (Å²) in [6.45, 7) is 4.85. The van der Waals surface area contributed by atoms with E-state index in [1.165, 1.54) is 11.1 Å². The Labute approximate surface area is 172 Å². The molecule has 0 amide bonds. The van der Waals surface area contributed by atoms with Gasteiger partial charge in [0.15, 0.2) is 0 Å². The third kappa shape index (κ3) is 4.78. The highest BCUT2D eigenvalue weighted by Crippen LogP contribution is 2.40. The summed E-state index contributed by atoms with van der Waals surface area (Å²) >= 11 is 0. The number of ether oxygens (including phenoxy) is 2. The molecule has 29 heavy (non-hydrogen) atoms. The van der Waals surface area contributed by atoms with Crippen molar-refractivity contribution < 1.29 is 19.7 Å². The van der Waals surface area contributed by atoms with Gasteiger partial charge >= 0.3 is 0 Å². The van der Waals surface area contributed by atoms with Gasteiger partial charge in [-0.05, 0) is 54.8 Å². The Hall–Kier alpha value is -2.82. The van der Waals surface area contributed by atoms with Gasteiger partial charge < -0.3 is 19.7 Å². The molecule has 4 nitrogen and oxygen atoms in total. The quantitative estimate of drug-likeness (QED) is 0.539. The maximum Gasteiger partial charge on any atom is 0.119 e. The van der Waals surface area contributed by atoms with Crippen LogP contribution in [0, 0.1) is 6.92 Å². The zero-order valence-corrected chi connectivity index (χ0v) is 17.0. The van der Waals surface area contributed by atoms with E-state index in [9.17, 15) is 0 Å². The van der Waals surface area contributed by atoms with Crippen LogP contribution < -0.4 is 9.47 Å². The first-order chi connectivity index (χ1) is 14.1. The summed E-state index contributed by atoms with van der Waals surface area (Å²) in [5.41, 5.74) is 4.33. The van der Waals surface area contributed by atoms with E-state index < -0.39 is 0 Å². The van der Waals surface area contributed by atoms with Gasteiger partial charge in [0.25, 0.3) is 0 Å². The molecule has 0 aromatic heterocycles. The molecule has 0 radical (unpaired) electrons. The van der Waals surface area contributed by atoms with Crippen LogP contribution in [-0.4, -0.2) is 36.6 Å². The molecule has 0 saturated heterocycles. The van der Waals surface area contributed by atoms with Crippen molar-refractivity contribution in [3.63, 3.8) is 0 Å². The van der Waals surface area contributed by atoms with Crippen LogP contribution in [0.15, 0.2) is 72.8 Å². The van der Waals surface area contributed by atoms with Crippen molar-refractivity contribution >= 4 is 0 Å². The van der Waals surface area contributed by atoms with Gasteiger partial charge in [0.05, 0.1) is 13.2 Å². The maximum atomic E-state index is 8.96. The van der Waals surface area contributed by atoms with Crippen LogP contribution in [0.1, 0.15) is 29.2 Å². The van der Waals surface area contributed by atoms with Crippen LogP contribution in [0.4, 0.5) is 0 Å². The fourth-order valence-corrected chi connectivity index (χ4v) is 3.48. The summed E-state index contributed by atoms with van der Waals surface area (Å²) < 4.78 is 11.0. The van der Waals surface area contributed by atoms with Crippen molar-refractivity contribution in [3.8, 4) is 11.5 Å². The lowest BCUT2D eigenvalue weighted by molar-refractivity contribution is 0.201. The number of benzene rings is 3. The molecule has 0 spiro atoms. The summed E-state index contributed by atoms with van der Waals surface area (Å²) in [4.78, 5) is 0. The number of aliphatic hydroxyl groups excluding tert-OH is 2. The van der Waals surface area contributed by atoms with Gasteiger partial charge in [0.1, 0.15) is 24.7 Å². The molecule has 0 aliphatic carbocycles. The predicted octanol–water partition coefficient (Wildman–Crippen LogP) is 4.09. The van der Waals surface area contributed by atoms with E-state index in [2.05, 4.69) is 62.4 Å². The van der Waals surface area contributed by atoms with Gasteiger partial charge in [0, 0.05) is 5.41 Å². The number of aryl methyl sites for hydroxylation is 1. The van der Waals surface area contributed by atoms with Crippen LogP contribution in [0.25, 0.3) is 0 Å². The fourth-order valence-electron chi connectivity index (χ4n) is 3.48. The normalized spacial score (nSPS) is 11.3. The van der Waals surface area contributed by atoms with Crippen LogP contribution >= 0.6 is 0 Å². The Balaban J connectivity index is 2.01. The second-order valence-corrected chi connectivity index (χ2v) is 7.18. The Bertz CT molecular complexity index is 832. The third-order valence-corrected chi connectivity index (χ3v) is 5.21. The van der Waals surface area contributed by atoms with E-state index in [-0.39, 0.29) is 31.8 Å². The van der Waals surface area contributed by atoms with Crippen LogP contribution in [0.3, 0.4) is 0 Å². The van der Waals surface area contributed by atoms with Crippen molar-refractivity contribution in [2.45, 2.75) is 19.3 Å². The largest absolute Gasteiger partial charge is 0.491 e. The van der Waals surface area contributed by atoms with Gasteiger partial charge in [-0.15, -0.1) is 0 Å². The smallest absolute Gasteiger partial charge is 0.119 e. The van der Waals surface area contributed by atoms with Gasteiger partial charge in [-0.2, -0.15) is 0 Å². The zero-order chi connectivity index (χ0) is 20.7. The standard InChI is InChI=1S/C25H28O4/c1-19-3-5-20(6-4-19)25(2,21-7-11-23(12-8-21)28-17-15-26)22-9-13-24(14-10-22)29-18-16-27/h3-14,26-27H,15-18H2,1-2H3. The number of rotatable bonds is 9. The number of hydrogen-bond donors (Lipinski definition) is 2. The Morgan fingerprint density at radius 1 is 0.621 bits per heavy atom. The third-order valence-electron chi connectivity index (χ3n) is 5.21. The van der Waals surface area contributed by atoms with Gasteiger partial charge in [-0.25, -0.2) is 0 Å². The first-order valence-corrected chi connectivity index (χ1v) is 9.83. The molecule has 0 saturated carbocycles. The SMILES string of the molecule is Cc1ccc(C(C)(c2ccc(OCCO)cc2)c2ccc(OCCO)cc2)cc1. The highest BCUT2D eigenvalue weighted by molar-refractivity contribution is 5.51. The van der Waals surface area contributed by atoms with Crippen molar-refractivity contribution in [2.75, 3.05) is 26.4 Å². The van der Waals surface area contributed by atoms with Crippen LogP contribution in [0.2, 0.25) is 0 Å². The molecule has 0 atom stereocenters. The highest BCUT2D eigenvalue weighted by Gasteiger charge is 2.31. The second-order valence-electron chi connectivity index (χ2n) is 7.18. The summed E-state index contributed by atoms with van der Waals surface area (Å²) in [6, 6.07) is 24.6. The summed E-state index contributed by atoms with van der Waals surface area (Å²) in [6.07, 6.45) is 0. The predicted molar refractivity (Wildman–Crippen MR) is 115 cm³/mol.